The topological polar surface area (TPSA) is 243 Å². The van der Waals surface area contributed by atoms with Gasteiger partial charge in [0, 0.05) is 38.1 Å². The fraction of sp³-hybridized carbons (Fsp3) is 0.974. The van der Waals surface area contributed by atoms with Crippen LogP contribution in [-0.2, 0) is 33.2 Å². The zero-order chi connectivity index (χ0) is 39.7. The molecule has 0 amide bonds. The van der Waals surface area contributed by atoms with Gasteiger partial charge in [0.25, 0.3) is 0 Å². The Balaban J connectivity index is 0.00000729. The first-order valence-electron chi connectivity index (χ1n) is 19.1. The smallest absolute Gasteiger partial charge is 0.311 e. The molecule has 1 unspecified atom stereocenters. The lowest BCUT2D eigenvalue weighted by molar-refractivity contribution is -0.318. The number of carbonyl (C=O) groups is 1. The average Bonchev–Trinajstić information content (AvgIpc) is 3.05. The van der Waals surface area contributed by atoms with Gasteiger partial charge in [0.2, 0.25) is 0 Å². The monoisotopic (exact) mass is 785 g/mol. The number of cyclic esters (lactones) is 1. The van der Waals surface area contributed by atoms with Crippen molar-refractivity contribution in [2.45, 2.75) is 185 Å². The summed E-state index contributed by atoms with van der Waals surface area (Å²) in [7, 11) is 7.12. The van der Waals surface area contributed by atoms with Gasteiger partial charge in [0.1, 0.15) is 30.0 Å². The van der Waals surface area contributed by atoms with Gasteiger partial charge in [-0.1, -0.05) is 20.8 Å². The van der Waals surface area contributed by atoms with Gasteiger partial charge in [-0.15, -0.1) is 0 Å². The number of methoxy groups -OCH3 is 1. The average molecular weight is 785 g/mol. The van der Waals surface area contributed by atoms with Gasteiger partial charge < -0.3 is 74.7 Å². The molecule has 16 nitrogen and oxygen atoms in total. The lowest BCUT2D eigenvalue weighted by Gasteiger charge is -2.48. The highest BCUT2D eigenvalue weighted by molar-refractivity contribution is 5.73. The molecule has 3 saturated heterocycles. The Bertz CT molecular complexity index is 1150. The Morgan fingerprint density at radius 2 is 1.52 bits per heavy atom. The molecule has 3 fully saturated rings. The summed E-state index contributed by atoms with van der Waals surface area (Å²) in [6.45, 7) is 18.0. The summed E-state index contributed by atoms with van der Waals surface area (Å²) >= 11 is 0. The van der Waals surface area contributed by atoms with Crippen LogP contribution in [0.1, 0.15) is 94.9 Å². The van der Waals surface area contributed by atoms with Crippen LogP contribution < -0.4 is 0 Å². The van der Waals surface area contributed by atoms with E-state index in [4.69, 9.17) is 28.4 Å². The molecule has 0 saturated carbocycles. The summed E-state index contributed by atoms with van der Waals surface area (Å²) in [4.78, 5) is 18.0. The molecule has 3 heterocycles. The Hall–Kier alpha value is -1.09. The highest BCUT2D eigenvalue weighted by Crippen LogP contribution is 2.40. The first-order chi connectivity index (χ1) is 23.9. The molecular formula is C38H76N2O14. The standard InChI is InChI=1S/C38H72N2O12.2H2O/c1-15-27-38(10,46)31(42)24(6)40(13)19-20(2)17-36(8,45)33(52-35-29(41)26(39(11)12)16-21(3)48-35)22(4)30(23(5)34(44)50-27)51-28-18-37(9,47-14)32(43)25(7)49-28;;/h20-33,35,41-43,45-46H,15-19H2,1-14H3;2*1H2/t20-,21+,22-,23+,24+,25?,26-,27-,28-,29-,30+,31-,32-,33-,35-,36-,37-,38-;;/m1../s1. The normalized spacial score (nSPS) is 47.8. The van der Waals surface area contributed by atoms with Crippen molar-refractivity contribution in [3.63, 3.8) is 0 Å². The minimum absolute atomic E-state index is 0. The zero-order valence-corrected chi connectivity index (χ0v) is 35.2. The van der Waals surface area contributed by atoms with Crippen LogP contribution in [0, 0.1) is 17.8 Å². The minimum atomic E-state index is -1.80. The Kier molecular flexibility index (Phi) is 18.9. The van der Waals surface area contributed by atoms with E-state index in [2.05, 4.69) is 0 Å². The summed E-state index contributed by atoms with van der Waals surface area (Å²) in [5.74, 6) is -2.58. The molecule has 0 bridgehead atoms. The fourth-order valence-corrected chi connectivity index (χ4v) is 8.74. The number of nitrogens with zero attached hydrogens (tertiary/aromatic N) is 2. The van der Waals surface area contributed by atoms with Crippen LogP contribution in [0.2, 0.25) is 0 Å². The quantitative estimate of drug-likeness (QED) is 0.218. The molecule has 0 spiro atoms. The van der Waals surface area contributed by atoms with Crippen molar-refractivity contribution in [1.29, 1.82) is 0 Å². The number of ether oxygens (including phenoxy) is 6. The van der Waals surface area contributed by atoms with Crippen molar-refractivity contribution in [3.8, 4) is 0 Å². The first kappa shape index (κ1) is 50.9. The molecule has 0 aromatic carbocycles. The van der Waals surface area contributed by atoms with E-state index in [0.717, 1.165) is 0 Å². The number of aliphatic hydroxyl groups is 5. The number of likely N-dealkylation sites (N-methyl/N-ethyl adjacent to an activating group) is 2. The van der Waals surface area contributed by atoms with Crippen LogP contribution in [0.4, 0.5) is 0 Å². The molecule has 0 radical (unpaired) electrons. The van der Waals surface area contributed by atoms with Crippen molar-refractivity contribution < 1.29 is 69.7 Å². The van der Waals surface area contributed by atoms with E-state index < -0.39 is 96.0 Å². The fourth-order valence-electron chi connectivity index (χ4n) is 8.74. The highest BCUT2D eigenvalue weighted by atomic mass is 16.7. The highest BCUT2D eigenvalue weighted by Gasteiger charge is 2.52. The minimum Gasteiger partial charge on any atom is -0.459 e. The second-order valence-corrected chi connectivity index (χ2v) is 17.2. The Morgan fingerprint density at radius 3 is 2.06 bits per heavy atom. The Morgan fingerprint density at radius 1 is 0.926 bits per heavy atom. The van der Waals surface area contributed by atoms with Crippen LogP contribution in [0.15, 0.2) is 0 Å². The van der Waals surface area contributed by atoms with E-state index in [-0.39, 0.29) is 48.3 Å². The second-order valence-electron chi connectivity index (χ2n) is 17.2. The maximum atomic E-state index is 14.2. The zero-order valence-electron chi connectivity index (χ0n) is 35.2. The van der Waals surface area contributed by atoms with Crippen molar-refractivity contribution in [2.24, 2.45) is 17.8 Å². The lowest BCUT2D eigenvalue weighted by atomic mass is 9.77. The maximum absolute atomic E-state index is 14.2. The van der Waals surface area contributed by atoms with E-state index in [1.54, 1.807) is 41.5 Å². The van der Waals surface area contributed by atoms with Gasteiger partial charge in [-0.3, -0.25) is 4.79 Å². The van der Waals surface area contributed by atoms with Crippen molar-refractivity contribution in [2.75, 3.05) is 34.8 Å². The van der Waals surface area contributed by atoms with Gasteiger partial charge in [0.15, 0.2) is 12.6 Å². The predicted octanol–water partition coefficient (Wildman–Crippen LogP) is 0.251. The van der Waals surface area contributed by atoms with Crippen molar-refractivity contribution in [1.82, 2.24) is 9.80 Å². The summed E-state index contributed by atoms with van der Waals surface area (Å²) in [6.07, 6.45) is -8.19. The molecule has 322 valence electrons. The third kappa shape index (κ3) is 11.3. The van der Waals surface area contributed by atoms with Crippen LogP contribution in [0.25, 0.3) is 0 Å². The molecule has 3 aliphatic heterocycles. The number of carbonyl (C=O) groups excluding carboxylic acids is 1. The van der Waals surface area contributed by atoms with Gasteiger partial charge in [-0.2, -0.15) is 0 Å². The summed E-state index contributed by atoms with van der Waals surface area (Å²) in [6, 6.07) is -0.808. The molecule has 0 aromatic heterocycles. The Labute approximate surface area is 323 Å². The van der Waals surface area contributed by atoms with Crippen LogP contribution >= 0.6 is 0 Å². The summed E-state index contributed by atoms with van der Waals surface area (Å²) in [5.41, 5.74) is -4.37. The number of hydrogen-bond acceptors (Lipinski definition) is 14. The van der Waals surface area contributed by atoms with E-state index in [1.807, 2.05) is 51.7 Å². The molecule has 0 aromatic rings. The number of hydrogen-bond donors (Lipinski definition) is 5. The predicted molar refractivity (Wildman–Crippen MR) is 201 cm³/mol. The van der Waals surface area contributed by atoms with Crippen LogP contribution in [-0.4, -0.2) is 177 Å². The molecule has 18 atom stereocenters. The molecular weight excluding hydrogens is 708 g/mol. The largest absolute Gasteiger partial charge is 0.459 e. The van der Waals surface area contributed by atoms with Crippen LogP contribution in [0.3, 0.4) is 0 Å². The molecule has 9 N–H and O–H groups in total. The molecule has 54 heavy (non-hydrogen) atoms. The van der Waals surface area contributed by atoms with Crippen molar-refractivity contribution in [3.05, 3.63) is 0 Å². The van der Waals surface area contributed by atoms with Gasteiger partial charge in [-0.25, -0.2) is 0 Å². The third-order valence-electron chi connectivity index (χ3n) is 12.2. The van der Waals surface area contributed by atoms with Gasteiger partial charge in [0.05, 0.1) is 41.5 Å². The summed E-state index contributed by atoms with van der Waals surface area (Å²) < 4.78 is 37.5. The van der Waals surface area contributed by atoms with E-state index in [1.165, 1.54) is 14.0 Å². The van der Waals surface area contributed by atoms with Gasteiger partial charge in [-0.05, 0) is 94.8 Å². The van der Waals surface area contributed by atoms with Gasteiger partial charge >= 0.3 is 5.97 Å². The third-order valence-corrected chi connectivity index (χ3v) is 12.2. The molecule has 3 rings (SSSR count). The first-order valence-corrected chi connectivity index (χ1v) is 19.1. The lowest BCUT2D eigenvalue weighted by Crippen LogP contribution is -2.60. The SMILES string of the molecule is CC[C@H]1OC(=O)[C@@H](C)[C@@H](O[C@@H]2C[C@@](C)(OC)[C@H](O)C(C)O2)[C@@H](C)[C@@H](O[C@H]2O[C@@H](C)C[C@@H](N(C)C)[C@H]2O)[C@](C)(O)C[C@@H](C)CN(C)[C@@H](C)[C@@H](O)[C@]1(C)O.O.O. The molecule has 3 aliphatic rings. The van der Waals surface area contributed by atoms with E-state index in [0.29, 0.717) is 13.0 Å². The summed E-state index contributed by atoms with van der Waals surface area (Å²) in [5, 5.41) is 58.1. The second kappa shape index (κ2) is 20.1. The molecule has 0 aliphatic carbocycles. The van der Waals surface area contributed by atoms with E-state index >= 15 is 0 Å². The number of aliphatic hydroxyl groups excluding tert-OH is 3. The molecule has 16 heteroatoms. The van der Waals surface area contributed by atoms with Crippen molar-refractivity contribution >= 4 is 5.97 Å². The number of esters is 1. The van der Waals surface area contributed by atoms with Crippen LogP contribution in [0.5, 0.6) is 0 Å². The van der Waals surface area contributed by atoms with E-state index in [9.17, 15) is 30.3 Å². The number of rotatable bonds is 7. The maximum Gasteiger partial charge on any atom is 0.311 e.